The molecule has 2 aromatic carbocycles. The lowest BCUT2D eigenvalue weighted by Gasteiger charge is -2.42. The first-order valence-corrected chi connectivity index (χ1v) is 12.9. The van der Waals surface area contributed by atoms with Gasteiger partial charge in [0.15, 0.2) is 0 Å². The molecule has 2 fully saturated rings. The van der Waals surface area contributed by atoms with E-state index in [2.05, 4.69) is 10.0 Å². The van der Waals surface area contributed by atoms with Gasteiger partial charge in [0, 0.05) is 18.2 Å². The third kappa shape index (κ3) is 5.60. The number of ether oxygens (including phenoxy) is 2. The average Bonchev–Trinajstić information content (AvgIpc) is 3.65. The fraction of sp³-hybridized carbons (Fsp3) is 0.458. The molecule has 10 nitrogen and oxygen atoms in total. The minimum absolute atomic E-state index is 0.354. The lowest BCUT2D eigenvalue weighted by molar-refractivity contribution is -0.244. The number of anilines is 1. The molecule has 2 aliphatic rings. The van der Waals surface area contributed by atoms with E-state index in [4.69, 9.17) is 9.47 Å². The van der Waals surface area contributed by atoms with Crippen molar-refractivity contribution in [1.29, 1.82) is 0 Å². The Morgan fingerprint density at radius 2 is 1.86 bits per heavy atom. The molecule has 1 heterocycles. The van der Waals surface area contributed by atoms with Crippen molar-refractivity contribution >= 4 is 21.6 Å². The third-order valence-electron chi connectivity index (χ3n) is 6.10. The van der Waals surface area contributed by atoms with Crippen LogP contribution in [0.15, 0.2) is 42.5 Å². The molecule has 2 aromatic rings. The summed E-state index contributed by atoms with van der Waals surface area (Å²) in [6.45, 7) is 2.57. The second kappa shape index (κ2) is 10.1. The lowest BCUT2D eigenvalue weighted by atomic mass is 9.96. The molecule has 0 aromatic heterocycles. The van der Waals surface area contributed by atoms with Crippen LogP contribution in [-0.4, -0.2) is 72.1 Å². The van der Waals surface area contributed by atoms with Crippen molar-refractivity contribution < 1.29 is 38.0 Å². The summed E-state index contributed by atoms with van der Waals surface area (Å²) in [7, 11) is -3.44. The van der Waals surface area contributed by atoms with Gasteiger partial charge in [0.2, 0.25) is 22.2 Å². The Morgan fingerprint density at radius 3 is 2.51 bits per heavy atom. The number of aryl methyl sites for hydroxylation is 1. The van der Waals surface area contributed by atoms with Crippen molar-refractivity contribution in [3.63, 3.8) is 0 Å². The minimum Gasteiger partial charge on any atom is -0.462 e. The SMILES string of the molecule is CC(=O)N[C@H]1[C@H](Oc2cccc(C)c2-c2cccc(NS(=O)(=O)C3CC3)c2)O[C@H](CO)[C@H](O)[C@@H]1O. The van der Waals surface area contributed by atoms with E-state index in [-0.39, 0.29) is 5.25 Å². The highest BCUT2D eigenvalue weighted by Gasteiger charge is 2.46. The van der Waals surface area contributed by atoms with Crippen LogP contribution in [0.4, 0.5) is 5.69 Å². The molecule has 5 N–H and O–H groups in total. The van der Waals surface area contributed by atoms with Crippen molar-refractivity contribution in [2.75, 3.05) is 11.3 Å². The maximum atomic E-state index is 12.4. The molecule has 4 rings (SSSR count). The number of carbonyl (C=O) groups is 1. The molecule has 5 atom stereocenters. The number of benzene rings is 2. The largest absolute Gasteiger partial charge is 0.462 e. The second-order valence-electron chi connectivity index (χ2n) is 8.93. The molecule has 1 saturated carbocycles. The van der Waals surface area contributed by atoms with Crippen LogP contribution in [0.25, 0.3) is 11.1 Å². The molecule has 0 unspecified atom stereocenters. The van der Waals surface area contributed by atoms with Gasteiger partial charge in [-0.3, -0.25) is 9.52 Å². The molecule has 1 aliphatic carbocycles. The maximum Gasteiger partial charge on any atom is 0.235 e. The summed E-state index contributed by atoms with van der Waals surface area (Å²) >= 11 is 0. The predicted molar refractivity (Wildman–Crippen MR) is 128 cm³/mol. The maximum absolute atomic E-state index is 12.4. The Labute approximate surface area is 203 Å². The smallest absolute Gasteiger partial charge is 0.235 e. The Bertz CT molecular complexity index is 1180. The third-order valence-corrected chi connectivity index (χ3v) is 7.97. The van der Waals surface area contributed by atoms with Crippen LogP contribution in [0.2, 0.25) is 0 Å². The van der Waals surface area contributed by atoms with Crippen LogP contribution in [-0.2, 0) is 19.6 Å². The first kappa shape index (κ1) is 25.4. The van der Waals surface area contributed by atoms with E-state index < -0.39 is 53.2 Å². The van der Waals surface area contributed by atoms with E-state index >= 15 is 0 Å². The fourth-order valence-electron chi connectivity index (χ4n) is 4.17. The van der Waals surface area contributed by atoms with Crippen molar-refractivity contribution in [2.45, 2.75) is 62.6 Å². The molecule has 1 amide bonds. The highest BCUT2D eigenvalue weighted by molar-refractivity contribution is 7.93. The second-order valence-corrected chi connectivity index (χ2v) is 10.9. The minimum atomic E-state index is -3.44. The molecule has 11 heteroatoms. The number of aliphatic hydroxyl groups excluding tert-OH is 3. The van der Waals surface area contributed by atoms with E-state index in [1.54, 1.807) is 30.3 Å². The molecule has 35 heavy (non-hydrogen) atoms. The molecule has 0 radical (unpaired) electrons. The zero-order valence-electron chi connectivity index (χ0n) is 19.4. The van der Waals surface area contributed by atoms with Crippen LogP contribution < -0.4 is 14.8 Å². The van der Waals surface area contributed by atoms with Gasteiger partial charge < -0.3 is 30.1 Å². The molecule has 190 valence electrons. The zero-order valence-corrected chi connectivity index (χ0v) is 20.2. The number of rotatable bonds is 8. The Balaban J connectivity index is 1.66. The van der Waals surface area contributed by atoms with Crippen molar-refractivity contribution in [1.82, 2.24) is 5.32 Å². The predicted octanol–water partition coefficient (Wildman–Crippen LogP) is 0.889. The average molecular weight is 507 g/mol. The zero-order chi connectivity index (χ0) is 25.3. The van der Waals surface area contributed by atoms with Crippen LogP contribution in [0.5, 0.6) is 5.75 Å². The van der Waals surface area contributed by atoms with Gasteiger partial charge in [0.05, 0.1) is 11.9 Å². The van der Waals surface area contributed by atoms with Gasteiger partial charge >= 0.3 is 0 Å². The first-order valence-electron chi connectivity index (χ1n) is 11.4. The Kier molecular flexibility index (Phi) is 7.34. The van der Waals surface area contributed by atoms with E-state index in [0.29, 0.717) is 35.4 Å². The van der Waals surface area contributed by atoms with Gasteiger partial charge in [-0.15, -0.1) is 0 Å². The van der Waals surface area contributed by atoms with Crippen LogP contribution in [0.3, 0.4) is 0 Å². The first-order chi connectivity index (χ1) is 16.6. The lowest BCUT2D eigenvalue weighted by Crippen LogP contribution is -2.65. The quantitative estimate of drug-likeness (QED) is 0.354. The van der Waals surface area contributed by atoms with E-state index in [1.807, 2.05) is 19.1 Å². The molecule has 0 bridgehead atoms. The highest BCUT2D eigenvalue weighted by atomic mass is 32.2. The number of hydrogen-bond donors (Lipinski definition) is 5. The van der Waals surface area contributed by atoms with Gasteiger partial charge in [0.1, 0.15) is 30.1 Å². The van der Waals surface area contributed by atoms with Crippen molar-refractivity contribution in [3.8, 4) is 16.9 Å². The van der Waals surface area contributed by atoms with Crippen LogP contribution >= 0.6 is 0 Å². The molecule has 1 aliphatic heterocycles. The number of carbonyl (C=O) groups excluding carboxylic acids is 1. The molecule has 0 spiro atoms. The monoisotopic (exact) mass is 506 g/mol. The topological polar surface area (TPSA) is 154 Å². The van der Waals surface area contributed by atoms with E-state index in [9.17, 15) is 28.5 Å². The summed E-state index contributed by atoms with van der Waals surface area (Å²) in [6, 6.07) is 11.1. The van der Waals surface area contributed by atoms with Gasteiger partial charge in [-0.2, -0.15) is 0 Å². The summed E-state index contributed by atoms with van der Waals surface area (Å²) in [5, 5.41) is 32.6. The van der Waals surface area contributed by atoms with Crippen molar-refractivity contribution in [3.05, 3.63) is 48.0 Å². The normalized spacial score (nSPS) is 26.7. The number of hydrogen-bond acceptors (Lipinski definition) is 8. The Morgan fingerprint density at radius 1 is 1.14 bits per heavy atom. The van der Waals surface area contributed by atoms with Gasteiger partial charge in [-0.1, -0.05) is 24.3 Å². The van der Waals surface area contributed by atoms with Gasteiger partial charge in [-0.05, 0) is 49.1 Å². The molecule has 1 saturated heterocycles. The van der Waals surface area contributed by atoms with E-state index in [1.165, 1.54) is 6.92 Å². The van der Waals surface area contributed by atoms with Crippen LogP contribution in [0.1, 0.15) is 25.3 Å². The number of aliphatic hydroxyl groups is 3. The number of nitrogens with one attached hydrogen (secondary N) is 2. The van der Waals surface area contributed by atoms with E-state index in [0.717, 1.165) is 5.56 Å². The Hall–Kier alpha value is -2.70. The van der Waals surface area contributed by atoms with Crippen molar-refractivity contribution in [2.24, 2.45) is 0 Å². The molecular weight excluding hydrogens is 476 g/mol. The highest BCUT2D eigenvalue weighted by Crippen LogP contribution is 2.37. The summed E-state index contributed by atoms with van der Waals surface area (Å²) in [4.78, 5) is 11.7. The summed E-state index contributed by atoms with van der Waals surface area (Å²) in [5.74, 6) is -0.103. The van der Waals surface area contributed by atoms with Crippen LogP contribution in [0, 0.1) is 6.92 Å². The fourth-order valence-corrected chi connectivity index (χ4v) is 5.55. The summed E-state index contributed by atoms with van der Waals surface area (Å²) < 4.78 is 39.2. The van der Waals surface area contributed by atoms with Gasteiger partial charge in [-0.25, -0.2) is 8.42 Å². The molecular formula is C24H30N2O8S. The van der Waals surface area contributed by atoms with Gasteiger partial charge in [0.25, 0.3) is 0 Å². The standard InChI is InChI=1S/C24H30N2O8S/c1-13-5-3-8-18(33-24-21(25-14(2)28)23(30)22(29)19(12-27)34-24)20(13)15-6-4-7-16(11-15)26-35(31,32)17-9-10-17/h3-8,11,17,19,21-24,26-27,29-30H,9-10,12H2,1-2H3,(H,25,28)/t19-,21-,22+,23-,24-/m1/s1. The number of amides is 1. The summed E-state index contributed by atoms with van der Waals surface area (Å²) in [6.07, 6.45) is -3.90. The summed E-state index contributed by atoms with van der Waals surface area (Å²) in [5.41, 5.74) is 2.59. The number of sulfonamides is 1.